The van der Waals surface area contributed by atoms with E-state index in [2.05, 4.69) is 10.6 Å². The lowest BCUT2D eigenvalue weighted by atomic mass is 9.85. The zero-order chi connectivity index (χ0) is 20.4. The highest BCUT2D eigenvalue weighted by Gasteiger charge is 2.46. The van der Waals surface area contributed by atoms with Crippen molar-refractivity contribution in [2.45, 2.75) is 50.2 Å². The Morgan fingerprint density at radius 2 is 2.03 bits per heavy atom. The predicted molar refractivity (Wildman–Crippen MR) is 113 cm³/mol. The molecule has 1 aliphatic heterocycles. The summed E-state index contributed by atoms with van der Waals surface area (Å²) in [5.74, 6) is -0.766. The minimum absolute atomic E-state index is 0.0487. The van der Waals surface area contributed by atoms with Crippen LogP contribution in [0.2, 0.25) is 5.02 Å². The fraction of sp³-hybridized carbons (Fsp3) is 0.381. The first kappa shape index (κ1) is 19.9. The van der Waals surface area contributed by atoms with Gasteiger partial charge in [0.2, 0.25) is 11.8 Å². The molecule has 2 N–H and O–H groups in total. The molecule has 0 radical (unpaired) electrons. The van der Waals surface area contributed by atoms with Crippen molar-refractivity contribution in [3.8, 4) is 0 Å². The first-order chi connectivity index (χ1) is 14.0. The number of hydrogen-bond donors (Lipinski definition) is 2. The number of hydrogen-bond acceptors (Lipinski definition) is 4. The zero-order valence-corrected chi connectivity index (χ0v) is 17.3. The summed E-state index contributed by atoms with van der Waals surface area (Å²) in [6.45, 7) is 0. The molecule has 2 heterocycles. The number of benzene rings is 1. The van der Waals surface area contributed by atoms with Crippen LogP contribution in [-0.4, -0.2) is 40.7 Å². The number of piperazine rings is 1. The van der Waals surface area contributed by atoms with Crippen LogP contribution in [0.15, 0.2) is 41.8 Å². The molecule has 0 spiro atoms. The maximum absolute atomic E-state index is 13.3. The number of fused-ring (bicyclic) bond motifs is 1. The molecule has 29 heavy (non-hydrogen) atoms. The van der Waals surface area contributed by atoms with Crippen molar-refractivity contribution in [2.24, 2.45) is 0 Å². The largest absolute Gasteiger partial charge is 0.349 e. The summed E-state index contributed by atoms with van der Waals surface area (Å²) in [6, 6.07) is 9.46. The third kappa shape index (κ3) is 4.31. The number of rotatable bonds is 4. The normalized spacial score (nSPS) is 23.8. The Bertz CT molecular complexity index is 918. The SMILES string of the molecule is O=C(C[C@@H]1C(=O)N[C@@H]2CCCC[C@H]2N1C(=O)c1cccs1)Nc1cccc(Cl)c1. The highest BCUT2D eigenvalue weighted by molar-refractivity contribution is 7.12. The molecule has 4 rings (SSSR count). The second kappa shape index (κ2) is 8.55. The molecule has 0 unspecified atom stereocenters. The fourth-order valence-corrected chi connectivity index (χ4v) is 5.07. The number of carbonyl (C=O) groups is 3. The smallest absolute Gasteiger partial charge is 0.264 e. The number of nitrogens with one attached hydrogen (secondary N) is 2. The van der Waals surface area contributed by atoms with Crippen LogP contribution in [0.5, 0.6) is 0 Å². The monoisotopic (exact) mass is 431 g/mol. The summed E-state index contributed by atoms with van der Waals surface area (Å²) in [5, 5.41) is 8.18. The number of nitrogens with zero attached hydrogens (tertiary/aromatic N) is 1. The van der Waals surface area contributed by atoms with Gasteiger partial charge in [0.15, 0.2) is 0 Å². The van der Waals surface area contributed by atoms with Gasteiger partial charge in [-0.1, -0.05) is 36.6 Å². The lowest BCUT2D eigenvalue weighted by Crippen LogP contribution is -2.67. The van der Waals surface area contributed by atoms with Crippen molar-refractivity contribution in [3.63, 3.8) is 0 Å². The van der Waals surface area contributed by atoms with E-state index in [1.165, 1.54) is 11.3 Å². The van der Waals surface area contributed by atoms with E-state index in [0.29, 0.717) is 15.6 Å². The van der Waals surface area contributed by atoms with Crippen molar-refractivity contribution in [2.75, 3.05) is 5.32 Å². The molecule has 2 fully saturated rings. The summed E-state index contributed by atoms with van der Waals surface area (Å²) in [5.41, 5.74) is 0.561. The van der Waals surface area contributed by atoms with Crippen LogP contribution < -0.4 is 10.6 Å². The number of anilines is 1. The van der Waals surface area contributed by atoms with Crippen LogP contribution in [0.4, 0.5) is 5.69 Å². The molecule has 1 aliphatic carbocycles. The van der Waals surface area contributed by atoms with Crippen LogP contribution >= 0.6 is 22.9 Å². The van der Waals surface area contributed by atoms with Gasteiger partial charge in [0.05, 0.1) is 17.3 Å². The molecule has 0 bridgehead atoms. The number of amides is 3. The van der Waals surface area contributed by atoms with Crippen LogP contribution in [0.1, 0.15) is 41.8 Å². The standard InChI is InChI=1S/C21H22ClN3O3S/c22-13-5-3-6-14(11-13)23-19(26)12-17-20(27)24-15-7-1-2-8-16(15)25(17)21(28)18-9-4-10-29-18/h3-6,9-11,15-17H,1-2,7-8,12H2,(H,23,26)(H,24,27)/t15-,16-,17-/m1/s1. The van der Waals surface area contributed by atoms with Gasteiger partial charge in [-0.3, -0.25) is 14.4 Å². The molecular weight excluding hydrogens is 410 g/mol. The number of halogens is 1. The Morgan fingerprint density at radius 1 is 1.21 bits per heavy atom. The van der Waals surface area contributed by atoms with Crippen LogP contribution in [0.25, 0.3) is 0 Å². The molecule has 152 valence electrons. The summed E-state index contributed by atoms with van der Waals surface area (Å²) >= 11 is 7.33. The van der Waals surface area contributed by atoms with Crippen LogP contribution in [0, 0.1) is 0 Å². The summed E-state index contributed by atoms with van der Waals surface area (Å²) < 4.78 is 0. The van der Waals surface area contributed by atoms with E-state index >= 15 is 0 Å². The Morgan fingerprint density at radius 3 is 2.79 bits per heavy atom. The number of carbonyl (C=O) groups excluding carboxylic acids is 3. The molecule has 1 aromatic heterocycles. The van der Waals surface area contributed by atoms with E-state index < -0.39 is 6.04 Å². The molecule has 1 aromatic carbocycles. The second-order valence-corrected chi connectivity index (χ2v) is 8.82. The Balaban J connectivity index is 1.57. The third-order valence-corrected chi connectivity index (χ3v) is 6.60. The van der Waals surface area contributed by atoms with Crippen molar-refractivity contribution >= 4 is 46.3 Å². The topological polar surface area (TPSA) is 78.5 Å². The highest BCUT2D eigenvalue weighted by atomic mass is 35.5. The molecule has 8 heteroatoms. The van der Waals surface area contributed by atoms with E-state index in [1.54, 1.807) is 35.2 Å². The second-order valence-electron chi connectivity index (χ2n) is 7.44. The van der Waals surface area contributed by atoms with Gasteiger partial charge in [0.1, 0.15) is 6.04 Å². The van der Waals surface area contributed by atoms with E-state index in [9.17, 15) is 14.4 Å². The quantitative estimate of drug-likeness (QED) is 0.775. The fourth-order valence-electron chi connectivity index (χ4n) is 4.21. The lowest BCUT2D eigenvalue weighted by Gasteiger charge is -2.47. The summed E-state index contributed by atoms with van der Waals surface area (Å²) in [6.07, 6.45) is 3.62. The maximum atomic E-state index is 13.3. The molecule has 3 atom stereocenters. The van der Waals surface area contributed by atoms with E-state index in [4.69, 9.17) is 11.6 Å². The van der Waals surface area contributed by atoms with Gasteiger partial charge in [-0.15, -0.1) is 11.3 Å². The minimum atomic E-state index is -0.830. The first-order valence-electron chi connectivity index (χ1n) is 9.75. The molecule has 3 amide bonds. The van der Waals surface area contributed by atoms with Crippen molar-refractivity contribution in [1.29, 1.82) is 0 Å². The molecule has 1 saturated heterocycles. The van der Waals surface area contributed by atoms with Crippen LogP contribution in [0.3, 0.4) is 0 Å². The van der Waals surface area contributed by atoms with Crippen molar-refractivity contribution in [3.05, 3.63) is 51.7 Å². The maximum Gasteiger partial charge on any atom is 0.264 e. The van der Waals surface area contributed by atoms with Gasteiger partial charge in [0.25, 0.3) is 5.91 Å². The van der Waals surface area contributed by atoms with Gasteiger partial charge >= 0.3 is 0 Å². The predicted octanol–water partition coefficient (Wildman–Crippen LogP) is 3.68. The van der Waals surface area contributed by atoms with Gasteiger partial charge < -0.3 is 15.5 Å². The van der Waals surface area contributed by atoms with E-state index in [0.717, 1.165) is 25.7 Å². The molecule has 1 saturated carbocycles. The summed E-state index contributed by atoms with van der Waals surface area (Å²) in [4.78, 5) is 41.1. The van der Waals surface area contributed by atoms with Crippen molar-refractivity contribution < 1.29 is 14.4 Å². The molecule has 2 aromatic rings. The third-order valence-electron chi connectivity index (χ3n) is 5.51. The Hall–Kier alpha value is -2.38. The van der Waals surface area contributed by atoms with Gasteiger partial charge in [-0.2, -0.15) is 0 Å². The molecule has 2 aliphatic rings. The number of thiophene rings is 1. The van der Waals surface area contributed by atoms with Crippen molar-refractivity contribution in [1.82, 2.24) is 10.2 Å². The molecule has 6 nitrogen and oxygen atoms in total. The van der Waals surface area contributed by atoms with Gasteiger partial charge in [0, 0.05) is 16.8 Å². The average Bonchev–Trinajstić information content (AvgIpc) is 3.23. The Kier molecular flexibility index (Phi) is 5.87. The van der Waals surface area contributed by atoms with Gasteiger partial charge in [-0.05, 0) is 42.5 Å². The first-order valence-corrected chi connectivity index (χ1v) is 11.0. The lowest BCUT2D eigenvalue weighted by molar-refractivity contribution is -0.135. The van der Waals surface area contributed by atoms with E-state index in [-0.39, 0.29) is 36.2 Å². The van der Waals surface area contributed by atoms with E-state index in [1.807, 2.05) is 11.4 Å². The zero-order valence-electron chi connectivity index (χ0n) is 15.8. The molecular formula is C21H22ClN3O3S. The average molecular weight is 432 g/mol. The van der Waals surface area contributed by atoms with Crippen LogP contribution in [-0.2, 0) is 9.59 Å². The summed E-state index contributed by atoms with van der Waals surface area (Å²) in [7, 11) is 0. The highest BCUT2D eigenvalue weighted by Crippen LogP contribution is 2.31. The minimum Gasteiger partial charge on any atom is -0.349 e. The van der Waals surface area contributed by atoms with Gasteiger partial charge in [-0.25, -0.2) is 0 Å². The Labute approximate surface area is 178 Å².